The van der Waals surface area contributed by atoms with Crippen LogP contribution in [0.3, 0.4) is 0 Å². The van der Waals surface area contributed by atoms with Crippen LogP contribution in [0, 0.1) is 0 Å². The molecule has 0 aliphatic carbocycles. The standard InChI is InChI=1S/C13H23N3/c1-5-11-8-13(10(2)3)16(14-11)12-6-7-15(4)9-12/h8,10,12H,5-7,9H2,1-4H3. The number of hydrogen-bond acceptors (Lipinski definition) is 2. The molecule has 1 unspecified atom stereocenters. The predicted molar refractivity (Wildman–Crippen MR) is 66.8 cm³/mol. The highest BCUT2D eigenvalue weighted by Gasteiger charge is 2.24. The fraction of sp³-hybridized carbons (Fsp3) is 0.769. The fourth-order valence-corrected chi connectivity index (χ4v) is 2.47. The molecule has 0 aromatic carbocycles. The molecule has 2 heterocycles. The van der Waals surface area contributed by atoms with E-state index in [0.717, 1.165) is 13.0 Å². The normalized spacial score (nSPS) is 22.2. The van der Waals surface area contributed by atoms with Crippen molar-refractivity contribution in [2.24, 2.45) is 0 Å². The fourth-order valence-electron chi connectivity index (χ4n) is 2.47. The summed E-state index contributed by atoms with van der Waals surface area (Å²) >= 11 is 0. The molecule has 1 aromatic heterocycles. The zero-order valence-corrected chi connectivity index (χ0v) is 10.9. The van der Waals surface area contributed by atoms with Gasteiger partial charge in [0.05, 0.1) is 11.7 Å². The molecule has 1 aromatic rings. The maximum atomic E-state index is 4.76. The Morgan fingerprint density at radius 3 is 2.75 bits per heavy atom. The Balaban J connectivity index is 2.27. The van der Waals surface area contributed by atoms with Gasteiger partial charge in [-0.25, -0.2) is 0 Å². The summed E-state index contributed by atoms with van der Waals surface area (Å²) in [6, 6.07) is 2.87. The minimum Gasteiger partial charge on any atom is -0.304 e. The molecule has 0 saturated carbocycles. The van der Waals surface area contributed by atoms with Crippen LogP contribution >= 0.6 is 0 Å². The van der Waals surface area contributed by atoms with Crippen LogP contribution in [0.25, 0.3) is 0 Å². The highest BCUT2D eigenvalue weighted by molar-refractivity contribution is 5.15. The van der Waals surface area contributed by atoms with Crippen LogP contribution in [0.4, 0.5) is 0 Å². The van der Waals surface area contributed by atoms with Gasteiger partial charge in [0, 0.05) is 12.2 Å². The first-order valence-corrected chi connectivity index (χ1v) is 6.38. The van der Waals surface area contributed by atoms with E-state index in [2.05, 4.69) is 43.5 Å². The Hall–Kier alpha value is -0.830. The monoisotopic (exact) mass is 221 g/mol. The lowest BCUT2D eigenvalue weighted by Crippen LogP contribution is -2.19. The zero-order chi connectivity index (χ0) is 11.7. The van der Waals surface area contributed by atoms with E-state index in [-0.39, 0.29) is 0 Å². The molecule has 1 saturated heterocycles. The Bertz CT molecular complexity index is 354. The van der Waals surface area contributed by atoms with Crippen LogP contribution in [0.15, 0.2) is 6.07 Å². The molecule has 0 radical (unpaired) electrons. The van der Waals surface area contributed by atoms with E-state index in [1.165, 1.54) is 24.4 Å². The number of aromatic nitrogens is 2. The van der Waals surface area contributed by atoms with Crippen LogP contribution in [0.5, 0.6) is 0 Å². The predicted octanol–water partition coefficient (Wildman–Crippen LogP) is 2.45. The molecule has 0 N–H and O–H groups in total. The number of likely N-dealkylation sites (tertiary alicyclic amines) is 1. The molecule has 3 nitrogen and oxygen atoms in total. The van der Waals surface area contributed by atoms with Crippen molar-refractivity contribution in [3.8, 4) is 0 Å². The minimum atomic E-state index is 0.568. The van der Waals surface area contributed by atoms with E-state index in [1.807, 2.05) is 0 Å². The quantitative estimate of drug-likeness (QED) is 0.781. The largest absolute Gasteiger partial charge is 0.304 e. The summed E-state index contributed by atoms with van der Waals surface area (Å²) in [4.78, 5) is 2.39. The van der Waals surface area contributed by atoms with Crippen LogP contribution < -0.4 is 0 Å². The van der Waals surface area contributed by atoms with Crippen molar-refractivity contribution in [1.82, 2.24) is 14.7 Å². The second kappa shape index (κ2) is 4.58. The highest BCUT2D eigenvalue weighted by atomic mass is 15.3. The first-order valence-electron chi connectivity index (χ1n) is 6.38. The topological polar surface area (TPSA) is 21.1 Å². The molecule has 2 rings (SSSR count). The molecule has 0 amide bonds. The molecule has 0 bridgehead atoms. The van der Waals surface area contributed by atoms with Crippen molar-refractivity contribution in [2.75, 3.05) is 20.1 Å². The summed E-state index contributed by atoms with van der Waals surface area (Å²) in [7, 11) is 2.19. The number of rotatable bonds is 3. The van der Waals surface area contributed by atoms with Gasteiger partial charge in [-0.3, -0.25) is 4.68 Å². The lowest BCUT2D eigenvalue weighted by Gasteiger charge is -2.16. The van der Waals surface area contributed by atoms with Gasteiger partial charge in [0.25, 0.3) is 0 Å². The second-order valence-corrected chi connectivity index (χ2v) is 5.22. The van der Waals surface area contributed by atoms with Crippen LogP contribution in [0.2, 0.25) is 0 Å². The van der Waals surface area contributed by atoms with Crippen molar-refractivity contribution in [1.29, 1.82) is 0 Å². The Morgan fingerprint density at radius 1 is 1.50 bits per heavy atom. The molecular weight excluding hydrogens is 198 g/mol. The van der Waals surface area contributed by atoms with Crippen molar-refractivity contribution in [2.45, 2.75) is 45.6 Å². The van der Waals surface area contributed by atoms with Gasteiger partial charge < -0.3 is 4.90 Å². The molecular formula is C13H23N3. The van der Waals surface area contributed by atoms with Gasteiger partial charge in [0.15, 0.2) is 0 Å². The highest BCUT2D eigenvalue weighted by Crippen LogP contribution is 2.26. The van der Waals surface area contributed by atoms with E-state index in [9.17, 15) is 0 Å². The molecule has 1 atom stereocenters. The third-order valence-electron chi connectivity index (χ3n) is 3.48. The van der Waals surface area contributed by atoms with Gasteiger partial charge in [-0.2, -0.15) is 5.10 Å². The maximum Gasteiger partial charge on any atom is 0.0661 e. The first kappa shape index (κ1) is 11.6. The van der Waals surface area contributed by atoms with Crippen molar-refractivity contribution in [3.05, 3.63) is 17.5 Å². The average Bonchev–Trinajstić information content (AvgIpc) is 2.82. The van der Waals surface area contributed by atoms with Gasteiger partial charge in [0.1, 0.15) is 0 Å². The lowest BCUT2D eigenvalue weighted by atomic mass is 10.1. The van der Waals surface area contributed by atoms with E-state index in [0.29, 0.717) is 12.0 Å². The number of hydrogen-bond donors (Lipinski definition) is 0. The lowest BCUT2D eigenvalue weighted by molar-refractivity contribution is 0.375. The third kappa shape index (κ3) is 2.14. The first-order chi connectivity index (χ1) is 7.61. The van der Waals surface area contributed by atoms with E-state index in [4.69, 9.17) is 5.10 Å². The molecule has 3 heteroatoms. The number of likely N-dealkylation sites (N-methyl/N-ethyl adjacent to an activating group) is 1. The Morgan fingerprint density at radius 2 is 2.25 bits per heavy atom. The van der Waals surface area contributed by atoms with E-state index in [1.54, 1.807) is 0 Å². The second-order valence-electron chi connectivity index (χ2n) is 5.22. The van der Waals surface area contributed by atoms with Gasteiger partial charge in [-0.15, -0.1) is 0 Å². The minimum absolute atomic E-state index is 0.568. The maximum absolute atomic E-state index is 4.76. The molecule has 1 fully saturated rings. The van der Waals surface area contributed by atoms with Crippen LogP contribution in [0.1, 0.15) is 50.5 Å². The number of nitrogens with zero attached hydrogens (tertiary/aromatic N) is 3. The molecule has 90 valence electrons. The smallest absolute Gasteiger partial charge is 0.0661 e. The SMILES string of the molecule is CCc1cc(C(C)C)n(C2CCN(C)C2)n1. The Kier molecular flexibility index (Phi) is 3.33. The van der Waals surface area contributed by atoms with E-state index >= 15 is 0 Å². The van der Waals surface area contributed by atoms with E-state index < -0.39 is 0 Å². The number of aryl methyl sites for hydroxylation is 1. The average molecular weight is 221 g/mol. The molecule has 1 aliphatic heterocycles. The molecule has 0 spiro atoms. The Labute approximate surface area is 98.4 Å². The summed E-state index contributed by atoms with van der Waals surface area (Å²) in [6.45, 7) is 9.03. The molecule has 1 aliphatic rings. The summed E-state index contributed by atoms with van der Waals surface area (Å²) in [5.41, 5.74) is 2.63. The van der Waals surface area contributed by atoms with Crippen molar-refractivity contribution < 1.29 is 0 Å². The van der Waals surface area contributed by atoms with Gasteiger partial charge in [-0.05, 0) is 38.4 Å². The van der Waals surface area contributed by atoms with Crippen LogP contribution in [-0.4, -0.2) is 34.8 Å². The van der Waals surface area contributed by atoms with Gasteiger partial charge >= 0.3 is 0 Å². The summed E-state index contributed by atoms with van der Waals surface area (Å²) < 4.78 is 2.28. The summed E-state index contributed by atoms with van der Waals surface area (Å²) in [5.74, 6) is 0.568. The molecule has 16 heavy (non-hydrogen) atoms. The van der Waals surface area contributed by atoms with Gasteiger partial charge in [-0.1, -0.05) is 20.8 Å². The van der Waals surface area contributed by atoms with Crippen molar-refractivity contribution in [3.63, 3.8) is 0 Å². The summed E-state index contributed by atoms with van der Waals surface area (Å²) in [6.07, 6.45) is 2.27. The summed E-state index contributed by atoms with van der Waals surface area (Å²) in [5, 5.41) is 4.76. The van der Waals surface area contributed by atoms with Crippen LogP contribution in [-0.2, 0) is 6.42 Å². The zero-order valence-electron chi connectivity index (χ0n) is 10.9. The van der Waals surface area contributed by atoms with Gasteiger partial charge in [0.2, 0.25) is 0 Å². The third-order valence-corrected chi connectivity index (χ3v) is 3.48. The van der Waals surface area contributed by atoms with Crippen molar-refractivity contribution >= 4 is 0 Å².